The number of nitrogens with zero attached hydrogens (tertiary/aromatic N) is 2. The molecule has 0 radical (unpaired) electrons. The first-order chi connectivity index (χ1) is 9.67. The lowest BCUT2D eigenvalue weighted by atomic mass is 10.0. The Morgan fingerprint density at radius 3 is 2.50 bits per heavy atom. The van der Waals surface area contributed by atoms with Crippen molar-refractivity contribution in [3.63, 3.8) is 0 Å². The molecule has 20 heavy (non-hydrogen) atoms. The Balaban J connectivity index is 2.26. The first-order valence-electron chi connectivity index (χ1n) is 6.25. The number of halogens is 1. The maximum Gasteiger partial charge on any atom is 0.0999 e. The number of aryl methyl sites for hydroxylation is 1. The quantitative estimate of drug-likeness (QED) is 0.645. The van der Waals surface area contributed by atoms with Crippen molar-refractivity contribution in [2.45, 2.75) is 6.92 Å². The minimum Gasteiger partial charge on any atom is -0.248 e. The van der Waals surface area contributed by atoms with Gasteiger partial charge in [0.15, 0.2) is 0 Å². The lowest BCUT2D eigenvalue weighted by molar-refractivity contribution is 1.37. The van der Waals surface area contributed by atoms with Crippen molar-refractivity contribution in [3.8, 4) is 17.3 Å². The standard InChI is InChI=1S/C17H11ClN2/c1-11-2-7-16-15(8-11)13(10-19)9-17(20-16)12-3-5-14(18)6-4-12/h2-9H,1H3. The summed E-state index contributed by atoms with van der Waals surface area (Å²) in [7, 11) is 0. The smallest absolute Gasteiger partial charge is 0.0999 e. The molecule has 0 unspecified atom stereocenters. The molecule has 0 aliphatic carbocycles. The van der Waals surface area contributed by atoms with Crippen molar-refractivity contribution in [2.24, 2.45) is 0 Å². The van der Waals surface area contributed by atoms with Crippen LogP contribution in [0.25, 0.3) is 22.2 Å². The zero-order valence-corrected chi connectivity index (χ0v) is 11.6. The molecule has 0 aliphatic rings. The zero-order valence-electron chi connectivity index (χ0n) is 10.9. The molecule has 0 spiro atoms. The van der Waals surface area contributed by atoms with E-state index in [1.165, 1.54) is 0 Å². The van der Waals surface area contributed by atoms with Gasteiger partial charge in [-0.05, 0) is 37.3 Å². The molecule has 0 aliphatic heterocycles. The second-order valence-electron chi connectivity index (χ2n) is 4.69. The predicted octanol–water partition coefficient (Wildman–Crippen LogP) is 4.74. The molecule has 0 N–H and O–H groups in total. The Morgan fingerprint density at radius 1 is 1.05 bits per heavy atom. The number of benzene rings is 2. The summed E-state index contributed by atoms with van der Waals surface area (Å²) in [6, 6.07) is 17.5. The van der Waals surface area contributed by atoms with Gasteiger partial charge in [-0.3, -0.25) is 0 Å². The van der Waals surface area contributed by atoms with E-state index in [0.29, 0.717) is 10.6 Å². The van der Waals surface area contributed by atoms with E-state index in [1.807, 2.05) is 55.5 Å². The van der Waals surface area contributed by atoms with E-state index in [-0.39, 0.29) is 0 Å². The van der Waals surface area contributed by atoms with Gasteiger partial charge >= 0.3 is 0 Å². The molecule has 0 saturated carbocycles. The number of rotatable bonds is 1. The molecule has 0 amide bonds. The van der Waals surface area contributed by atoms with E-state index in [9.17, 15) is 5.26 Å². The zero-order chi connectivity index (χ0) is 14.1. The SMILES string of the molecule is Cc1ccc2nc(-c3ccc(Cl)cc3)cc(C#N)c2c1. The van der Waals surface area contributed by atoms with Crippen LogP contribution in [0.4, 0.5) is 0 Å². The Labute approximate surface area is 122 Å². The summed E-state index contributed by atoms with van der Waals surface area (Å²) in [5.41, 5.74) is 4.33. The van der Waals surface area contributed by atoms with Crippen LogP contribution in [0.5, 0.6) is 0 Å². The minimum atomic E-state index is 0.642. The molecular formula is C17H11ClN2. The number of fused-ring (bicyclic) bond motifs is 1. The van der Waals surface area contributed by atoms with Crippen molar-refractivity contribution in [3.05, 3.63) is 64.7 Å². The molecule has 1 heterocycles. The highest BCUT2D eigenvalue weighted by Crippen LogP contribution is 2.26. The number of hydrogen-bond donors (Lipinski definition) is 0. The molecule has 96 valence electrons. The van der Waals surface area contributed by atoms with Crippen molar-refractivity contribution in [1.82, 2.24) is 4.98 Å². The molecule has 3 heteroatoms. The summed E-state index contributed by atoms with van der Waals surface area (Å²) in [6.07, 6.45) is 0. The molecule has 3 aromatic rings. The molecular weight excluding hydrogens is 268 g/mol. The van der Waals surface area contributed by atoms with Crippen LogP contribution in [0.3, 0.4) is 0 Å². The molecule has 2 aromatic carbocycles. The lowest BCUT2D eigenvalue weighted by Gasteiger charge is -2.06. The average molecular weight is 279 g/mol. The Hall–Kier alpha value is -2.37. The molecule has 0 bridgehead atoms. The normalized spacial score (nSPS) is 10.4. The fourth-order valence-electron chi connectivity index (χ4n) is 2.20. The maximum absolute atomic E-state index is 9.34. The van der Waals surface area contributed by atoms with Gasteiger partial charge in [0.2, 0.25) is 0 Å². The first kappa shape index (κ1) is 12.7. The third kappa shape index (κ3) is 2.24. The van der Waals surface area contributed by atoms with Gasteiger partial charge in [-0.15, -0.1) is 0 Å². The monoisotopic (exact) mass is 278 g/mol. The van der Waals surface area contributed by atoms with Crippen LogP contribution in [-0.2, 0) is 0 Å². The Kier molecular flexibility index (Phi) is 3.14. The molecule has 1 aromatic heterocycles. The third-order valence-electron chi connectivity index (χ3n) is 3.22. The molecule has 0 saturated heterocycles. The van der Waals surface area contributed by atoms with Crippen LogP contribution in [0.1, 0.15) is 11.1 Å². The number of pyridine rings is 1. The van der Waals surface area contributed by atoms with Crippen molar-refractivity contribution < 1.29 is 0 Å². The van der Waals surface area contributed by atoms with Crippen LogP contribution in [0, 0.1) is 18.3 Å². The van der Waals surface area contributed by atoms with Crippen molar-refractivity contribution in [2.75, 3.05) is 0 Å². The van der Waals surface area contributed by atoms with E-state index in [4.69, 9.17) is 11.6 Å². The van der Waals surface area contributed by atoms with Crippen LogP contribution >= 0.6 is 11.6 Å². The van der Waals surface area contributed by atoms with Crippen LogP contribution < -0.4 is 0 Å². The number of nitriles is 1. The molecule has 0 fully saturated rings. The highest BCUT2D eigenvalue weighted by Gasteiger charge is 2.07. The fraction of sp³-hybridized carbons (Fsp3) is 0.0588. The molecule has 3 rings (SSSR count). The molecule has 0 atom stereocenters. The molecule has 2 nitrogen and oxygen atoms in total. The topological polar surface area (TPSA) is 36.7 Å². The summed E-state index contributed by atoms with van der Waals surface area (Å²) in [6.45, 7) is 2.01. The Bertz CT molecular complexity index is 830. The van der Waals surface area contributed by atoms with Gasteiger partial charge in [0.05, 0.1) is 22.8 Å². The predicted molar refractivity (Wildman–Crippen MR) is 81.6 cm³/mol. The van der Waals surface area contributed by atoms with E-state index in [2.05, 4.69) is 11.1 Å². The second-order valence-corrected chi connectivity index (χ2v) is 5.13. The average Bonchev–Trinajstić information content (AvgIpc) is 2.47. The van der Waals surface area contributed by atoms with Gasteiger partial charge in [0.25, 0.3) is 0 Å². The summed E-state index contributed by atoms with van der Waals surface area (Å²) in [5, 5.41) is 10.9. The lowest BCUT2D eigenvalue weighted by Crippen LogP contribution is -1.90. The van der Waals surface area contributed by atoms with Gasteiger partial charge in [-0.1, -0.05) is 35.4 Å². The number of hydrogen-bond acceptors (Lipinski definition) is 2. The first-order valence-corrected chi connectivity index (χ1v) is 6.62. The van der Waals surface area contributed by atoms with Crippen molar-refractivity contribution >= 4 is 22.5 Å². The van der Waals surface area contributed by atoms with E-state index >= 15 is 0 Å². The summed E-state index contributed by atoms with van der Waals surface area (Å²) in [5.74, 6) is 0. The largest absolute Gasteiger partial charge is 0.248 e. The fourth-order valence-corrected chi connectivity index (χ4v) is 2.33. The van der Waals surface area contributed by atoms with E-state index in [1.54, 1.807) is 0 Å². The number of aromatic nitrogens is 1. The maximum atomic E-state index is 9.34. The highest BCUT2D eigenvalue weighted by molar-refractivity contribution is 6.30. The van der Waals surface area contributed by atoms with Gasteiger partial charge in [0, 0.05) is 16.0 Å². The summed E-state index contributed by atoms with van der Waals surface area (Å²) >= 11 is 5.90. The van der Waals surface area contributed by atoms with Gasteiger partial charge in [-0.25, -0.2) is 4.98 Å². The van der Waals surface area contributed by atoms with Crippen LogP contribution in [0.2, 0.25) is 5.02 Å². The van der Waals surface area contributed by atoms with Gasteiger partial charge in [0.1, 0.15) is 0 Å². The highest BCUT2D eigenvalue weighted by atomic mass is 35.5. The van der Waals surface area contributed by atoms with E-state index < -0.39 is 0 Å². The summed E-state index contributed by atoms with van der Waals surface area (Å²) < 4.78 is 0. The minimum absolute atomic E-state index is 0.642. The van der Waals surface area contributed by atoms with Crippen molar-refractivity contribution in [1.29, 1.82) is 5.26 Å². The summed E-state index contributed by atoms with van der Waals surface area (Å²) in [4.78, 5) is 4.63. The third-order valence-corrected chi connectivity index (χ3v) is 3.48. The van der Waals surface area contributed by atoms with Crippen LogP contribution in [-0.4, -0.2) is 4.98 Å². The Morgan fingerprint density at radius 2 is 1.80 bits per heavy atom. The van der Waals surface area contributed by atoms with Gasteiger partial charge in [-0.2, -0.15) is 5.26 Å². The van der Waals surface area contributed by atoms with Gasteiger partial charge < -0.3 is 0 Å². The van der Waals surface area contributed by atoms with Crippen LogP contribution in [0.15, 0.2) is 48.5 Å². The second kappa shape index (κ2) is 4.96. The van der Waals surface area contributed by atoms with E-state index in [0.717, 1.165) is 27.7 Å².